The number of nitrogens with zero attached hydrogens (tertiary/aromatic N) is 1. The molecule has 0 rings (SSSR count). The number of halogens is 1. The smallest absolute Gasteiger partial charge is 0.0738 e. The Morgan fingerprint density at radius 1 is 1.58 bits per heavy atom. The summed E-state index contributed by atoms with van der Waals surface area (Å²) in [6, 6.07) is 0.575. The zero-order valence-electron chi connectivity index (χ0n) is 8.23. The van der Waals surface area contributed by atoms with Crippen molar-refractivity contribution in [1.82, 2.24) is 4.90 Å². The van der Waals surface area contributed by atoms with E-state index >= 15 is 0 Å². The van der Waals surface area contributed by atoms with Crippen LogP contribution in [0.15, 0.2) is 23.8 Å². The van der Waals surface area contributed by atoms with E-state index in [1.807, 2.05) is 13.1 Å². The molecule has 0 spiro atoms. The van der Waals surface area contributed by atoms with Gasteiger partial charge in [0.25, 0.3) is 0 Å². The summed E-state index contributed by atoms with van der Waals surface area (Å²) < 4.78 is 0. The van der Waals surface area contributed by atoms with Crippen LogP contribution in [0.2, 0.25) is 0 Å². The van der Waals surface area contributed by atoms with Crippen LogP contribution in [0.5, 0.6) is 0 Å². The molecule has 0 radical (unpaired) electrons. The third-order valence-electron chi connectivity index (χ3n) is 1.89. The summed E-state index contributed by atoms with van der Waals surface area (Å²) in [4.78, 5) is 2.07. The van der Waals surface area contributed by atoms with Gasteiger partial charge < -0.3 is 0 Å². The summed E-state index contributed by atoms with van der Waals surface area (Å²) in [5.74, 6) is 0. The fourth-order valence-electron chi connectivity index (χ4n) is 1.17. The van der Waals surface area contributed by atoms with E-state index in [2.05, 4.69) is 25.3 Å². The number of hydrogen-bond acceptors (Lipinski definition) is 1. The second kappa shape index (κ2) is 6.27. The molecular formula is C10H18ClN. The molecule has 70 valence electrons. The zero-order chi connectivity index (χ0) is 9.56. The minimum absolute atomic E-state index is 0.575. The third-order valence-corrected chi connectivity index (χ3v) is 2.29. The predicted octanol–water partition coefficient (Wildman–Crippen LogP) is 3.03. The van der Waals surface area contributed by atoms with E-state index in [0.717, 1.165) is 13.0 Å². The lowest BCUT2D eigenvalue weighted by molar-refractivity contribution is 0.422. The van der Waals surface area contributed by atoms with Gasteiger partial charge in [-0.3, -0.25) is 4.90 Å². The minimum atomic E-state index is 0.575. The fraction of sp³-hybridized carbons (Fsp3) is 0.600. The van der Waals surface area contributed by atoms with Gasteiger partial charge in [-0.05, 0) is 26.0 Å². The third kappa shape index (κ3) is 3.93. The number of rotatable bonds is 5. The number of allylic oxidation sites excluding steroid dienone is 2. The molecule has 2 heteroatoms. The first-order chi connectivity index (χ1) is 5.65. The van der Waals surface area contributed by atoms with Gasteiger partial charge in [-0.25, -0.2) is 0 Å². The van der Waals surface area contributed by atoms with Crippen molar-refractivity contribution < 1.29 is 0 Å². The summed E-state index contributed by atoms with van der Waals surface area (Å²) in [5, 5.41) is 0. The van der Waals surface area contributed by atoms with Gasteiger partial charge in [-0.1, -0.05) is 25.2 Å². The van der Waals surface area contributed by atoms with Crippen LogP contribution in [-0.2, 0) is 0 Å². The molecule has 12 heavy (non-hydrogen) atoms. The van der Waals surface area contributed by atoms with Crippen molar-refractivity contribution in [3.05, 3.63) is 23.8 Å². The summed E-state index contributed by atoms with van der Waals surface area (Å²) in [5.41, 5.74) is 2.68. The Kier molecular flexibility index (Phi) is 6.13. The lowest BCUT2D eigenvalue weighted by Crippen LogP contribution is -2.18. The quantitative estimate of drug-likeness (QED) is 0.363. The molecule has 0 aromatic heterocycles. The van der Waals surface area contributed by atoms with E-state index in [0.29, 0.717) is 6.00 Å². The van der Waals surface area contributed by atoms with Crippen molar-refractivity contribution >= 4 is 11.6 Å². The Morgan fingerprint density at radius 3 is 2.50 bits per heavy atom. The Hall–Kier alpha value is -0.270. The Balaban J connectivity index is 4.22. The molecule has 0 aromatic carbocycles. The SMILES string of the molecule is C=C/C(CC)=C(\C)CN(C)CCl. The summed E-state index contributed by atoms with van der Waals surface area (Å²) >= 11 is 5.66. The first-order valence-corrected chi connectivity index (χ1v) is 4.74. The normalized spacial score (nSPS) is 13.1. The lowest BCUT2D eigenvalue weighted by Gasteiger charge is -2.14. The highest BCUT2D eigenvalue weighted by molar-refractivity contribution is 6.17. The largest absolute Gasteiger partial charge is 0.289 e. The molecule has 0 amide bonds. The monoisotopic (exact) mass is 187 g/mol. The molecule has 0 unspecified atom stereocenters. The Bertz CT molecular complexity index is 173. The van der Waals surface area contributed by atoms with Crippen LogP contribution >= 0.6 is 11.6 Å². The van der Waals surface area contributed by atoms with Crippen LogP contribution in [0.1, 0.15) is 20.3 Å². The van der Waals surface area contributed by atoms with Gasteiger partial charge in [0.15, 0.2) is 0 Å². The molecule has 0 atom stereocenters. The average Bonchev–Trinajstić information content (AvgIpc) is 2.06. The van der Waals surface area contributed by atoms with E-state index in [1.54, 1.807) is 0 Å². The zero-order valence-corrected chi connectivity index (χ0v) is 8.99. The van der Waals surface area contributed by atoms with Crippen LogP contribution in [0.3, 0.4) is 0 Å². The average molecular weight is 188 g/mol. The van der Waals surface area contributed by atoms with Gasteiger partial charge in [0.1, 0.15) is 0 Å². The predicted molar refractivity (Wildman–Crippen MR) is 56.5 cm³/mol. The van der Waals surface area contributed by atoms with E-state index in [9.17, 15) is 0 Å². The first kappa shape index (κ1) is 11.7. The van der Waals surface area contributed by atoms with Gasteiger partial charge in [-0.15, -0.1) is 11.6 Å². The summed E-state index contributed by atoms with van der Waals surface area (Å²) in [6.07, 6.45) is 2.98. The highest BCUT2D eigenvalue weighted by atomic mass is 35.5. The standard InChI is InChI=1S/C10H18ClN/c1-5-10(6-2)9(3)7-12(4)8-11/h5H,1,6-8H2,2-4H3/b10-9-. The van der Waals surface area contributed by atoms with Crippen LogP contribution < -0.4 is 0 Å². The molecule has 0 fully saturated rings. The molecule has 1 nitrogen and oxygen atoms in total. The maximum Gasteiger partial charge on any atom is 0.0738 e. The molecule has 0 aliphatic heterocycles. The van der Waals surface area contributed by atoms with Crippen molar-refractivity contribution in [2.75, 3.05) is 19.6 Å². The summed E-state index contributed by atoms with van der Waals surface area (Å²) in [7, 11) is 2.01. The van der Waals surface area contributed by atoms with E-state index in [-0.39, 0.29) is 0 Å². The fourth-order valence-corrected chi connectivity index (χ4v) is 1.25. The van der Waals surface area contributed by atoms with E-state index in [1.165, 1.54) is 11.1 Å². The molecule has 0 aliphatic carbocycles. The minimum Gasteiger partial charge on any atom is -0.289 e. The molecule has 0 heterocycles. The Morgan fingerprint density at radius 2 is 2.17 bits per heavy atom. The molecule has 0 saturated carbocycles. The maximum atomic E-state index is 5.66. The van der Waals surface area contributed by atoms with Gasteiger partial charge in [0, 0.05) is 6.54 Å². The van der Waals surface area contributed by atoms with Gasteiger partial charge >= 0.3 is 0 Å². The topological polar surface area (TPSA) is 3.24 Å². The molecule has 0 N–H and O–H groups in total. The maximum absolute atomic E-state index is 5.66. The van der Waals surface area contributed by atoms with Gasteiger partial charge in [0.05, 0.1) is 6.00 Å². The number of likely N-dealkylation sites (N-methyl/N-ethyl adjacent to an activating group) is 1. The van der Waals surface area contributed by atoms with Crippen molar-refractivity contribution in [2.45, 2.75) is 20.3 Å². The molecular weight excluding hydrogens is 170 g/mol. The second-order valence-corrected chi connectivity index (χ2v) is 3.24. The lowest BCUT2D eigenvalue weighted by atomic mass is 10.1. The molecule has 0 aromatic rings. The van der Waals surface area contributed by atoms with Crippen LogP contribution in [-0.4, -0.2) is 24.5 Å². The van der Waals surface area contributed by atoms with Crippen LogP contribution in [0, 0.1) is 0 Å². The van der Waals surface area contributed by atoms with Crippen molar-refractivity contribution in [3.63, 3.8) is 0 Å². The van der Waals surface area contributed by atoms with E-state index < -0.39 is 0 Å². The highest BCUT2D eigenvalue weighted by Crippen LogP contribution is 2.10. The summed E-state index contributed by atoms with van der Waals surface area (Å²) in [6.45, 7) is 8.97. The van der Waals surface area contributed by atoms with Crippen LogP contribution in [0.25, 0.3) is 0 Å². The van der Waals surface area contributed by atoms with Crippen molar-refractivity contribution in [1.29, 1.82) is 0 Å². The van der Waals surface area contributed by atoms with Crippen LogP contribution in [0.4, 0.5) is 0 Å². The van der Waals surface area contributed by atoms with Crippen molar-refractivity contribution in [3.8, 4) is 0 Å². The van der Waals surface area contributed by atoms with Gasteiger partial charge in [0.2, 0.25) is 0 Å². The van der Waals surface area contributed by atoms with Crippen molar-refractivity contribution in [2.24, 2.45) is 0 Å². The Labute approximate surface area is 80.7 Å². The van der Waals surface area contributed by atoms with Gasteiger partial charge in [-0.2, -0.15) is 0 Å². The number of alkyl halides is 1. The molecule has 0 aliphatic rings. The molecule has 0 saturated heterocycles. The second-order valence-electron chi connectivity index (χ2n) is 3.00. The molecule has 0 bridgehead atoms. The van der Waals surface area contributed by atoms with E-state index in [4.69, 9.17) is 11.6 Å². The number of hydrogen-bond donors (Lipinski definition) is 0. The first-order valence-electron chi connectivity index (χ1n) is 4.21. The highest BCUT2D eigenvalue weighted by Gasteiger charge is 2.00.